The molecule has 21 heavy (non-hydrogen) atoms. The molecule has 2 heterocycles. The van der Waals surface area contributed by atoms with E-state index in [4.69, 9.17) is 14.9 Å². The van der Waals surface area contributed by atoms with Crippen LogP contribution in [0.1, 0.15) is 54.6 Å². The minimum Gasteiger partial charge on any atom is -0.469 e. The number of ether oxygens (including phenoxy) is 1. The highest BCUT2D eigenvalue weighted by Gasteiger charge is 2.26. The minimum atomic E-state index is -0.352. The molecule has 0 aliphatic rings. The maximum Gasteiger partial charge on any atom is 0.350 e. The topological polar surface area (TPSA) is 65.5 Å². The van der Waals surface area contributed by atoms with Crippen LogP contribution < -0.4 is 5.73 Å². The Morgan fingerprint density at radius 1 is 1.43 bits per heavy atom. The molecule has 114 valence electrons. The van der Waals surface area contributed by atoms with Gasteiger partial charge in [-0.15, -0.1) is 11.3 Å². The number of rotatable bonds is 5. The lowest BCUT2D eigenvalue weighted by Gasteiger charge is -2.08. The van der Waals surface area contributed by atoms with Gasteiger partial charge in [0.15, 0.2) is 0 Å². The average Bonchev–Trinajstić information content (AvgIpc) is 3.02. The van der Waals surface area contributed by atoms with E-state index >= 15 is 0 Å². The maximum absolute atomic E-state index is 12.1. The van der Waals surface area contributed by atoms with E-state index in [0.717, 1.165) is 28.2 Å². The van der Waals surface area contributed by atoms with Crippen molar-refractivity contribution >= 4 is 23.0 Å². The van der Waals surface area contributed by atoms with Gasteiger partial charge in [-0.2, -0.15) is 0 Å². The summed E-state index contributed by atoms with van der Waals surface area (Å²) in [7, 11) is 0. The zero-order valence-electron chi connectivity index (χ0n) is 12.9. The van der Waals surface area contributed by atoms with Crippen LogP contribution in [0.3, 0.4) is 0 Å². The van der Waals surface area contributed by atoms with Gasteiger partial charge < -0.3 is 14.9 Å². The van der Waals surface area contributed by atoms with Crippen molar-refractivity contribution in [1.82, 2.24) is 0 Å². The zero-order chi connectivity index (χ0) is 15.6. The first kappa shape index (κ1) is 15.6. The zero-order valence-corrected chi connectivity index (χ0v) is 13.7. The van der Waals surface area contributed by atoms with Gasteiger partial charge >= 0.3 is 5.97 Å². The molecule has 0 spiro atoms. The molecule has 0 bridgehead atoms. The second kappa shape index (κ2) is 6.35. The molecule has 5 heteroatoms. The third-order valence-corrected chi connectivity index (χ3v) is 4.57. The summed E-state index contributed by atoms with van der Waals surface area (Å²) in [4.78, 5) is 13.6. The highest BCUT2D eigenvalue weighted by Crippen LogP contribution is 2.44. The van der Waals surface area contributed by atoms with Crippen LogP contribution >= 0.6 is 11.3 Å². The minimum absolute atomic E-state index is 0.221. The number of anilines is 1. The molecule has 0 amide bonds. The van der Waals surface area contributed by atoms with E-state index < -0.39 is 0 Å². The number of esters is 1. The first-order valence-corrected chi connectivity index (χ1v) is 7.98. The van der Waals surface area contributed by atoms with Crippen LogP contribution in [0.2, 0.25) is 0 Å². The number of nitrogen functional groups attached to an aromatic ring is 1. The van der Waals surface area contributed by atoms with E-state index in [0.29, 0.717) is 17.2 Å². The number of aryl methyl sites for hydroxylation is 1. The predicted molar refractivity (Wildman–Crippen MR) is 85.9 cm³/mol. The lowest BCUT2D eigenvalue weighted by atomic mass is 9.98. The summed E-state index contributed by atoms with van der Waals surface area (Å²) in [6.07, 6.45) is 2.48. The number of thiophene rings is 1. The fourth-order valence-corrected chi connectivity index (χ4v) is 3.71. The molecule has 0 aromatic carbocycles. The molecule has 0 radical (unpaired) electrons. The van der Waals surface area contributed by atoms with Crippen LogP contribution in [-0.4, -0.2) is 12.6 Å². The van der Waals surface area contributed by atoms with Gasteiger partial charge in [0, 0.05) is 16.9 Å². The summed E-state index contributed by atoms with van der Waals surface area (Å²) < 4.78 is 10.6. The second-order valence-corrected chi connectivity index (χ2v) is 6.09. The van der Waals surface area contributed by atoms with Crippen LogP contribution in [0.5, 0.6) is 0 Å². The number of carbonyl (C=O) groups excluding carboxylic acids is 1. The van der Waals surface area contributed by atoms with Gasteiger partial charge in [-0.25, -0.2) is 4.79 Å². The molecule has 0 atom stereocenters. The molecule has 2 rings (SSSR count). The van der Waals surface area contributed by atoms with Crippen LogP contribution in [0.25, 0.3) is 10.4 Å². The molecular formula is C16H21NO3S. The molecule has 0 saturated heterocycles. The molecule has 0 aliphatic heterocycles. The number of hydrogen-bond donors (Lipinski definition) is 1. The van der Waals surface area contributed by atoms with Crippen molar-refractivity contribution in [3.63, 3.8) is 0 Å². The Balaban J connectivity index is 2.60. The number of furan rings is 1. The summed E-state index contributed by atoms with van der Waals surface area (Å²) in [5.41, 5.74) is 8.77. The van der Waals surface area contributed by atoms with Crippen molar-refractivity contribution in [1.29, 1.82) is 0 Å². The first-order chi connectivity index (χ1) is 10.0. The third-order valence-electron chi connectivity index (χ3n) is 3.33. The van der Waals surface area contributed by atoms with Gasteiger partial charge in [0.1, 0.15) is 10.6 Å². The molecule has 2 aromatic rings. The normalized spacial score (nSPS) is 11.1. The van der Waals surface area contributed by atoms with Crippen molar-refractivity contribution in [2.45, 2.75) is 40.0 Å². The summed E-state index contributed by atoms with van der Waals surface area (Å²) in [5, 5.41) is 0. The molecule has 0 saturated carbocycles. The molecular weight excluding hydrogens is 286 g/mol. The Kier molecular flexibility index (Phi) is 4.73. The van der Waals surface area contributed by atoms with Crippen LogP contribution in [0.15, 0.2) is 16.7 Å². The highest BCUT2D eigenvalue weighted by atomic mass is 32.1. The lowest BCUT2D eigenvalue weighted by Crippen LogP contribution is -2.06. The fourth-order valence-electron chi connectivity index (χ4n) is 2.39. The standard InChI is InChI=1S/C16H21NO3S/c1-5-11-10(7-8-20-11)14-12(9(3)4)13(17)15(21-14)16(18)19-6-2/h7-9H,5-6,17H2,1-4H3. The molecule has 0 unspecified atom stereocenters. The molecule has 0 aliphatic carbocycles. The SMILES string of the molecule is CCOC(=O)c1sc(-c2ccoc2CC)c(C(C)C)c1N. The number of nitrogens with two attached hydrogens (primary N) is 1. The summed E-state index contributed by atoms with van der Waals surface area (Å²) in [6, 6.07) is 1.94. The summed E-state index contributed by atoms with van der Waals surface area (Å²) in [6.45, 7) is 8.32. The fraction of sp³-hybridized carbons (Fsp3) is 0.438. The van der Waals surface area contributed by atoms with E-state index in [1.54, 1.807) is 13.2 Å². The molecule has 2 aromatic heterocycles. The van der Waals surface area contributed by atoms with Crippen LogP contribution in [0, 0.1) is 0 Å². The van der Waals surface area contributed by atoms with Crippen molar-refractivity contribution < 1.29 is 13.9 Å². The van der Waals surface area contributed by atoms with Gasteiger partial charge in [-0.1, -0.05) is 20.8 Å². The van der Waals surface area contributed by atoms with Gasteiger partial charge in [0.25, 0.3) is 0 Å². The highest BCUT2D eigenvalue weighted by molar-refractivity contribution is 7.18. The lowest BCUT2D eigenvalue weighted by molar-refractivity contribution is 0.0533. The van der Waals surface area contributed by atoms with E-state index in [1.807, 2.05) is 13.0 Å². The smallest absolute Gasteiger partial charge is 0.350 e. The largest absolute Gasteiger partial charge is 0.469 e. The van der Waals surface area contributed by atoms with Gasteiger partial charge in [-0.05, 0) is 24.5 Å². The van der Waals surface area contributed by atoms with Crippen molar-refractivity contribution in [3.8, 4) is 10.4 Å². The monoisotopic (exact) mass is 307 g/mol. The number of hydrogen-bond acceptors (Lipinski definition) is 5. The van der Waals surface area contributed by atoms with E-state index in [9.17, 15) is 4.79 Å². The average molecular weight is 307 g/mol. The van der Waals surface area contributed by atoms with E-state index in [2.05, 4.69) is 13.8 Å². The van der Waals surface area contributed by atoms with E-state index in [1.165, 1.54) is 11.3 Å². The van der Waals surface area contributed by atoms with Gasteiger partial charge in [0.2, 0.25) is 0 Å². The molecule has 2 N–H and O–H groups in total. The van der Waals surface area contributed by atoms with Crippen molar-refractivity contribution in [2.75, 3.05) is 12.3 Å². The molecule has 0 fully saturated rings. The quantitative estimate of drug-likeness (QED) is 0.829. The maximum atomic E-state index is 12.1. The Hall–Kier alpha value is -1.75. The second-order valence-electron chi connectivity index (χ2n) is 5.07. The van der Waals surface area contributed by atoms with Gasteiger partial charge in [0.05, 0.1) is 18.6 Å². The van der Waals surface area contributed by atoms with Crippen molar-refractivity contribution in [2.24, 2.45) is 0 Å². The third kappa shape index (κ3) is 2.83. The Bertz CT molecular complexity index is 640. The van der Waals surface area contributed by atoms with E-state index in [-0.39, 0.29) is 11.9 Å². The van der Waals surface area contributed by atoms with Gasteiger partial charge in [-0.3, -0.25) is 0 Å². The van der Waals surface area contributed by atoms with Crippen molar-refractivity contribution in [3.05, 3.63) is 28.5 Å². The Labute approximate surface area is 128 Å². The van der Waals surface area contributed by atoms with Crippen LogP contribution in [0.4, 0.5) is 5.69 Å². The summed E-state index contributed by atoms with van der Waals surface area (Å²) in [5.74, 6) is 0.780. The predicted octanol–water partition coefficient (Wildman–Crippen LogP) is 4.45. The Morgan fingerprint density at radius 2 is 2.14 bits per heavy atom. The Morgan fingerprint density at radius 3 is 2.71 bits per heavy atom. The summed E-state index contributed by atoms with van der Waals surface area (Å²) >= 11 is 1.39. The van der Waals surface area contributed by atoms with Crippen LogP contribution in [-0.2, 0) is 11.2 Å². The number of carbonyl (C=O) groups is 1. The molecule has 4 nitrogen and oxygen atoms in total. The first-order valence-electron chi connectivity index (χ1n) is 7.17.